The fourth-order valence-electron chi connectivity index (χ4n) is 2.31. The Hall–Kier alpha value is -4.20. The van der Waals surface area contributed by atoms with Crippen LogP contribution >= 0.6 is 0 Å². The number of carbonyl (C=O) groups is 4. The van der Waals surface area contributed by atoms with E-state index in [1.165, 1.54) is 0 Å². The molecule has 4 N–H and O–H groups in total. The third-order valence-corrected chi connectivity index (χ3v) is 3.61. The van der Waals surface area contributed by atoms with Crippen molar-refractivity contribution < 1.29 is 29.4 Å². The van der Waals surface area contributed by atoms with Crippen LogP contribution in [0.25, 0.3) is 0 Å². The van der Waals surface area contributed by atoms with Gasteiger partial charge in [-0.2, -0.15) is 0 Å². The molecule has 0 bridgehead atoms. The zero-order chi connectivity index (χ0) is 21.2. The number of rotatable bonds is 8. The number of amides is 2. The van der Waals surface area contributed by atoms with E-state index in [2.05, 4.69) is 10.6 Å². The summed E-state index contributed by atoms with van der Waals surface area (Å²) in [4.78, 5) is 43.9. The molecule has 0 atom stereocenters. The second-order valence-corrected chi connectivity index (χ2v) is 5.89. The average Bonchev–Trinajstić information content (AvgIpc) is 2.68. The molecule has 0 spiro atoms. The predicted molar refractivity (Wildman–Crippen MR) is 107 cm³/mol. The lowest BCUT2D eigenvalue weighted by Crippen LogP contribution is -2.08. The number of benzene rings is 2. The van der Waals surface area contributed by atoms with E-state index in [1.807, 2.05) is 24.3 Å². The maximum Gasteiger partial charge on any atom is 0.328 e. The molecule has 2 rings (SSSR count). The molecule has 0 aliphatic heterocycles. The highest BCUT2D eigenvalue weighted by atomic mass is 16.4. The lowest BCUT2D eigenvalue weighted by Gasteiger charge is -2.07. The summed E-state index contributed by atoms with van der Waals surface area (Å²) in [6, 6.07) is 14.2. The van der Waals surface area contributed by atoms with Gasteiger partial charge in [-0.25, -0.2) is 9.59 Å². The van der Waals surface area contributed by atoms with Gasteiger partial charge in [-0.15, -0.1) is 0 Å². The van der Waals surface area contributed by atoms with Gasteiger partial charge in [0.25, 0.3) is 0 Å². The van der Waals surface area contributed by atoms with Crippen molar-refractivity contribution in [1.82, 2.24) is 0 Å². The van der Waals surface area contributed by atoms with Crippen molar-refractivity contribution in [1.29, 1.82) is 0 Å². The van der Waals surface area contributed by atoms with E-state index in [0.717, 1.165) is 35.4 Å². The van der Waals surface area contributed by atoms with Crippen LogP contribution in [0.4, 0.5) is 11.4 Å². The summed E-state index contributed by atoms with van der Waals surface area (Å²) in [6.07, 6.45) is 4.03. The van der Waals surface area contributed by atoms with Crippen molar-refractivity contribution in [3.05, 3.63) is 84.0 Å². The molecule has 148 valence electrons. The van der Waals surface area contributed by atoms with Crippen LogP contribution in [-0.4, -0.2) is 34.0 Å². The molecule has 8 nitrogen and oxygen atoms in total. The van der Waals surface area contributed by atoms with Gasteiger partial charge in [0.2, 0.25) is 11.8 Å². The lowest BCUT2D eigenvalue weighted by atomic mass is 10.0. The Morgan fingerprint density at radius 3 is 1.28 bits per heavy atom. The highest BCUT2D eigenvalue weighted by molar-refractivity contribution is 6.02. The van der Waals surface area contributed by atoms with Crippen molar-refractivity contribution in [2.45, 2.75) is 6.42 Å². The Morgan fingerprint density at radius 1 is 0.621 bits per heavy atom. The van der Waals surface area contributed by atoms with Crippen LogP contribution in [-0.2, 0) is 25.6 Å². The maximum absolute atomic E-state index is 11.6. The smallest absolute Gasteiger partial charge is 0.328 e. The van der Waals surface area contributed by atoms with Crippen molar-refractivity contribution >= 4 is 35.1 Å². The fraction of sp³-hybridized carbons (Fsp3) is 0.0476. The normalized spacial score (nSPS) is 10.8. The molecule has 0 aliphatic carbocycles. The highest BCUT2D eigenvalue weighted by Gasteiger charge is 2.02. The molecule has 0 unspecified atom stereocenters. The van der Waals surface area contributed by atoms with Gasteiger partial charge in [0.15, 0.2) is 0 Å². The zero-order valence-electron chi connectivity index (χ0n) is 15.2. The summed E-state index contributed by atoms with van der Waals surface area (Å²) in [6.45, 7) is 0. The second-order valence-electron chi connectivity index (χ2n) is 5.89. The third kappa shape index (κ3) is 7.92. The Bertz CT molecular complexity index is 880. The lowest BCUT2D eigenvalue weighted by molar-refractivity contribution is -0.132. The van der Waals surface area contributed by atoms with E-state index in [0.29, 0.717) is 17.8 Å². The summed E-state index contributed by atoms with van der Waals surface area (Å²) in [5.41, 5.74) is 3.07. The van der Waals surface area contributed by atoms with Crippen LogP contribution < -0.4 is 10.6 Å². The molecule has 29 heavy (non-hydrogen) atoms. The summed E-state index contributed by atoms with van der Waals surface area (Å²) < 4.78 is 0. The topological polar surface area (TPSA) is 133 Å². The van der Waals surface area contributed by atoms with E-state index in [1.54, 1.807) is 24.3 Å². The number of carbonyl (C=O) groups excluding carboxylic acids is 2. The minimum Gasteiger partial charge on any atom is -0.478 e. The average molecular weight is 394 g/mol. The van der Waals surface area contributed by atoms with Crippen LogP contribution in [0.5, 0.6) is 0 Å². The quantitative estimate of drug-likeness (QED) is 0.508. The SMILES string of the molecule is O=C(O)C=CC(=O)Nc1ccc(Cc2ccc(NC(=O)/C=C\C(=O)O)cc2)cc1. The molecular weight excluding hydrogens is 376 g/mol. The second kappa shape index (κ2) is 10.2. The number of carboxylic acids is 2. The highest BCUT2D eigenvalue weighted by Crippen LogP contribution is 2.16. The first kappa shape index (κ1) is 21.1. The Balaban J connectivity index is 1.91. The van der Waals surface area contributed by atoms with Crippen molar-refractivity contribution in [2.24, 2.45) is 0 Å². The van der Waals surface area contributed by atoms with Gasteiger partial charge in [-0.05, 0) is 41.8 Å². The van der Waals surface area contributed by atoms with Gasteiger partial charge in [-0.3, -0.25) is 9.59 Å². The number of carboxylic acid groups (broad SMARTS) is 2. The zero-order valence-corrected chi connectivity index (χ0v) is 15.2. The maximum atomic E-state index is 11.6. The first-order valence-electron chi connectivity index (χ1n) is 8.43. The number of anilines is 2. The van der Waals surface area contributed by atoms with Crippen LogP contribution in [0.3, 0.4) is 0 Å². The Morgan fingerprint density at radius 2 is 0.966 bits per heavy atom. The van der Waals surface area contributed by atoms with Gasteiger partial charge in [0, 0.05) is 35.7 Å². The third-order valence-electron chi connectivity index (χ3n) is 3.61. The van der Waals surface area contributed by atoms with E-state index >= 15 is 0 Å². The van der Waals surface area contributed by atoms with Crippen molar-refractivity contribution in [2.75, 3.05) is 10.6 Å². The fourth-order valence-corrected chi connectivity index (χ4v) is 2.31. The number of aliphatic carboxylic acids is 2. The molecule has 0 heterocycles. The monoisotopic (exact) mass is 394 g/mol. The minimum absolute atomic E-state index is 0.531. The number of hydrogen-bond acceptors (Lipinski definition) is 4. The van der Waals surface area contributed by atoms with Gasteiger partial charge < -0.3 is 20.8 Å². The Kier molecular flexibility index (Phi) is 7.43. The summed E-state index contributed by atoms with van der Waals surface area (Å²) in [5, 5.41) is 22.1. The molecule has 8 heteroatoms. The molecule has 2 aromatic carbocycles. The first-order chi connectivity index (χ1) is 13.8. The van der Waals surface area contributed by atoms with E-state index in [9.17, 15) is 19.2 Å². The minimum atomic E-state index is -1.20. The van der Waals surface area contributed by atoms with Gasteiger partial charge in [0.1, 0.15) is 0 Å². The number of hydrogen-bond donors (Lipinski definition) is 4. The van der Waals surface area contributed by atoms with Gasteiger partial charge >= 0.3 is 11.9 Å². The molecule has 2 amide bonds. The van der Waals surface area contributed by atoms with E-state index in [-0.39, 0.29) is 0 Å². The van der Waals surface area contributed by atoms with E-state index in [4.69, 9.17) is 10.2 Å². The summed E-state index contributed by atoms with van der Waals surface area (Å²) >= 11 is 0. The Labute approximate surface area is 166 Å². The molecule has 0 aliphatic rings. The summed E-state index contributed by atoms with van der Waals surface area (Å²) in [7, 11) is 0. The van der Waals surface area contributed by atoms with Crippen molar-refractivity contribution in [3.63, 3.8) is 0 Å². The molecule has 2 aromatic rings. The van der Waals surface area contributed by atoms with E-state index < -0.39 is 23.8 Å². The van der Waals surface area contributed by atoms with Crippen LogP contribution in [0.1, 0.15) is 11.1 Å². The molecule has 0 radical (unpaired) electrons. The van der Waals surface area contributed by atoms with Crippen LogP contribution in [0.2, 0.25) is 0 Å². The molecule has 0 fully saturated rings. The molecule has 0 aromatic heterocycles. The first-order valence-corrected chi connectivity index (χ1v) is 8.43. The van der Waals surface area contributed by atoms with Crippen LogP contribution in [0, 0.1) is 0 Å². The molecule has 0 saturated carbocycles. The van der Waals surface area contributed by atoms with Crippen LogP contribution in [0.15, 0.2) is 72.8 Å². The van der Waals surface area contributed by atoms with Gasteiger partial charge in [-0.1, -0.05) is 24.3 Å². The standard InChI is InChI=1S/C21H18N2O6/c24-18(9-11-20(26)27)22-16-5-1-14(2-6-16)13-15-3-7-17(8-4-15)23-19(25)10-12-21(28)29/h1-12H,13H2,(H,22,24)(H,23,25)(H,26,27)(H,28,29)/b11-9-,12-10?. The summed E-state index contributed by atoms with van der Waals surface area (Å²) in [5.74, 6) is -3.46. The largest absolute Gasteiger partial charge is 0.478 e. The van der Waals surface area contributed by atoms with Gasteiger partial charge in [0.05, 0.1) is 0 Å². The molecular formula is C21H18N2O6. The molecule has 0 saturated heterocycles. The van der Waals surface area contributed by atoms with Crippen molar-refractivity contribution in [3.8, 4) is 0 Å². The predicted octanol–water partition coefficient (Wildman–Crippen LogP) is 2.44. The number of nitrogens with one attached hydrogen (secondary N) is 2.